The van der Waals surface area contributed by atoms with Crippen LogP contribution in [0, 0.1) is 18.6 Å². The molecule has 0 fully saturated rings. The van der Waals surface area contributed by atoms with Gasteiger partial charge in [-0.15, -0.1) is 0 Å². The van der Waals surface area contributed by atoms with Crippen LogP contribution in [0.15, 0.2) is 36.4 Å². The normalized spacial score (nSPS) is 10.7. The van der Waals surface area contributed by atoms with Crippen molar-refractivity contribution in [1.29, 1.82) is 0 Å². The third kappa shape index (κ3) is 2.57. The molecule has 0 aliphatic carbocycles. The van der Waals surface area contributed by atoms with Crippen molar-refractivity contribution in [3.63, 3.8) is 0 Å². The molecule has 0 saturated heterocycles. The maximum atomic E-state index is 13.8. The lowest BCUT2D eigenvalue weighted by Gasteiger charge is -2.08. The molecule has 2 aromatic rings. The Kier molecular flexibility index (Phi) is 3.72. The Balaban J connectivity index is 2.48. The molecule has 0 radical (unpaired) electrons. The summed E-state index contributed by atoms with van der Waals surface area (Å²) in [5, 5.41) is 3.04. The van der Waals surface area contributed by atoms with Crippen molar-refractivity contribution in [3.8, 4) is 11.1 Å². The van der Waals surface area contributed by atoms with E-state index in [2.05, 4.69) is 5.32 Å². The summed E-state index contributed by atoms with van der Waals surface area (Å²) in [7, 11) is 1.86. The second kappa shape index (κ2) is 5.27. The molecule has 2 aromatic carbocycles. The highest BCUT2D eigenvalue weighted by molar-refractivity contribution is 5.65. The molecule has 0 amide bonds. The Hall–Kier alpha value is -1.74. The second-order valence-corrected chi connectivity index (χ2v) is 4.31. The fourth-order valence-electron chi connectivity index (χ4n) is 1.93. The average Bonchev–Trinajstić information content (AvgIpc) is 2.34. The molecule has 1 nitrogen and oxygen atoms in total. The molecule has 0 aliphatic rings. The van der Waals surface area contributed by atoms with Crippen LogP contribution >= 0.6 is 0 Å². The van der Waals surface area contributed by atoms with Crippen LogP contribution in [0.25, 0.3) is 11.1 Å². The predicted octanol–water partition coefficient (Wildman–Crippen LogP) is 3.66. The molecule has 0 heterocycles. The van der Waals surface area contributed by atoms with E-state index in [1.807, 2.05) is 31.3 Å². The van der Waals surface area contributed by atoms with Gasteiger partial charge in [0, 0.05) is 18.2 Å². The van der Waals surface area contributed by atoms with Crippen LogP contribution in [-0.4, -0.2) is 7.05 Å². The first-order valence-corrected chi connectivity index (χ1v) is 5.81. The lowest BCUT2D eigenvalue weighted by Crippen LogP contribution is -2.04. The van der Waals surface area contributed by atoms with Crippen LogP contribution in [0.1, 0.15) is 11.1 Å². The van der Waals surface area contributed by atoms with Gasteiger partial charge in [0.25, 0.3) is 0 Å². The topological polar surface area (TPSA) is 12.0 Å². The Labute approximate surface area is 105 Å². The monoisotopic (exact) mass is 247 g/mol. The van der Waals surface area contributed by atoms with Gasteiger partial charge in [-0.05, 0) is 42.8 Å². The lowest BCUT2D eigenvalue weighted by molar-refractivity contribution is 0.579. The summed E-state index contributed by atoms with van der Waals surface area (Å²) in [6, 6.07) is 10.1. The maximum absolute atomic E-state index is 13.8. The molecule has 2 rings (SSSR count). The molecule has 1 N–H and O–H groups in total. The summed E-state index contributed by atoms with van der Waals surface area (Å²) in [6.45, 7) is 2.35. The Morgan fingerprint density at radius 2 is 1.83 bits per heavy atom. The zero-order valence-corrected chi connectivity index (χ0v) is 10.4. The lowest BCUT2D eigenvalue weighted by atomic mass is 10.0. The molecule has 0 spiro atoms. The molecule has 0 bridgehead atoms. The van der Waals surface area contributed by atoms with Crippen molar-refractivity contribution in [3.05, 3.63) is 59.2 Å². The van der Waals surface area contributed by atoms with E-state index in [0.717, 1.165) is 23.7 Å². The van der Waals surface area contributed by atoms with Gasteiger partial charge in [0.05, 0.1) is 0 Å². The molecule has 0 unspecified atom stereocenters. The van der Waals surface area contributed by atoms with E-state index in [0.29, 0.717) is 11.1 Å². The molecular weight excluding hydrogens is 232 g/mol. The number of benzene rings is 2. The van der Waals surface area contributed by atoms with Gasteiger partial charge in [-0.2, -0.15) is 0 Å². The van der Waals surface area contributed by atoms with Crippen molar-refractivity contribution in [2.24, 2.45) is 0 Å². The van der Waals surface area contributed by atoms with Gasteiger partial charge < -0.3 is 5.32 Å². The van der Waals surface area contributed by atoms with E-state index in [1.165, 1.54) is 0 Å². The van der Waals surface area contributed by atoms with E-state index < -0.39 is 11.6 Å². The fraction of sp³-hybridized carbons (Fsp3) is 0.200. The van der Waals surface area contributed by atoms with Gasteiger partial charge in [0.15, 0.2) is 0 Å². The Morgan fingerprint density at radius 3 is 2.56 bits per heavy atom. The number of rotatable bonds is 3. The summed E-state index contributed by atoms with van der Waals surface area (Å²) in [5.74, 6) is -1.04. The van der Waals surface area contributed by atoms with Gasteiger partial charge >= 0.3 is 0 Å². The van der Waals surface area contributed by atoms with E-state index in [-0.39, 0.29) is 0 Å². The molecular formula is C15H15F2N. The van der Waals surface area contributed by atoms with Gasteiger partial charge in [-0.1, -0.05) is 18.2 Å². The molecule has 0 saturated carbocycles. The average molecular weight is 247 g/mol. The summed E-state index contributed by atoms with van der Waals surface area (Å²) in [4.78, 5) is 0. The van der Waals surface area contributed by atoms with Gasteiger partial charge in [-0.3, -0.25) is 0 Å². The molecule has 0 aromatic heterocycles. The molecule has 3 heteroatoms. The second-order valence-electron chi connectivity index (χ2n) is 4.31. The van der Waals surface area contributed by atoms with Gasteiger partial charge in [0.1, 0.15) is 11.6 Å². The highest BCUT2D eigenvalue weighted by Crippen LogP contribution is 2.26. The van der Waals surface area contributed by atoms with Crippen LogP contribution in [-0.2, 0) is 6.54 Å². The largest absolute Gasteiger partial charge is 0.316 e. The number of hydrogen-bond donors (Lipinski definition) is 1. The molecule has 0 aliphatic heterocycles. The first-order chi connectivity index (χ1) is 8.61. The Morgan fingerprint density at radius 1 is 1.06 bits per heavy atom. The van der Waals surface area contributed by atoms with Crippen LogP contribution in [0.5, 0.6) is 0 Å². The van der Waals surface area contributed by atoms with Crippen molar-refractivity contribution >= 4 is 0 Å². The highest BCUT2D eigenvalue weighted by atomic mass is 19.1. The molecule has 0 atom stereocenters. The smallest absolute Gasteiger partial charge is 0.133 e. The van der Waals surface area contributed by atoms with Crippen molar-refractivity contribution in [1.82, 2.24) is 5.32 Å². The van der Waals surface area contributed by atoms with E-state index >= 15 is 0 Å². The minimum atomic E-state index is -0.528. The summed E-state index contributed by atoms with van der Waals surface area (Å²) in [6.07, 6.45) is 0. The molecule has 18 heavy (non-hydrogen) atoms. The third-order valence-corrected chi connectivity index (χ3v) is 2.87. The summed E-state index contributed by atoms with van der Waals surface area (Å²) in [5.41, 5.74) is 2.72. The van der Waals surface area contributed by atoms with Crippen molar-refractivity contribution < 1.29 is 8.78 Å². The van der Waals surface area contributed by atoms with Crippen LogP contribution < -0.4 is 5.32 Å². The number of aryl methyl sites for hydroxylation is 1. The fourth-order valence-corrected chi connectivity index (χ4v) is 1.93. The highest BCUT2D eigenvalue weighted by Gasteiger charge is 2.09. The van der Waals surface area contributed by atoms with Crippen LogP contribution in [0.4, 0.5) is 8.78 Å². The quantitative estimate of drug-likeness (QED) is 0.872. The first kappa shape index (κ1) is 12.7. The minimum Gasteiger partial charge on any atom is -0.316 e. The summed E-state index contributed by atoms with van der Waals surface area (Å²) < 4.78 is 27.0. The molecule has 94 valence electrons. The van der Waals surface area contributed by atoms with Crippen LogP contribution in [0.3, 0.4) is 0 Å². The maximum Gasteiger partial charge on any atom is 0.133 e. The van der Waals surface area contributed by atoms with Crippen molar-refractivity contribution in [2.75, 3.05) is 7.05 Å². The van der Waals surface area contributed by atoms with E-state index in [9.17, 15) is 8.78 Å². The zero-order valence-electron chi connectivity index (χ0n) is 10.4. The Bertz CT molecular complexity index is 564. The number of nitrogens with one attached hydrogen (secondary N) is 1. The van der Waals surface area contributed by atoms with Crippen molar-refractivity contribution in [2.45, 2.75) is 13.5 Å². The zero-order chi connectivity index (χ0) is 13.1. The van der Waals surface area contributed by atoms with E-state index in [4.69, 9.17) is 0 Å². The van der Waals surface area contributed by atoms with Crippen LogP contribution in [0.2, 0.25) is 0 Å². The third-order valence-electron chi connectivity index (χ3n) is 2.87. The van der Waals surface area contributed by atoms with Gasteiger partial charge in [-0.25, -0.2) is 8.78 Å². The number of hydrogen-bond acceptors (Lipinski definition) is 1. The van der Waals surface area contributed by atoms with Gasteiger partial charge in [0.2, 0.25) is 0 Å². The number of halogens is 2. The minimum absolute atomic E-state index is 0.437. The summed E-state index contributed by atoms with van der Waals surface area (Å²) >= 11 is 0. The standard InChI is InChI=1S/C15H15F2N/c1-10-6-13(15(17)8-14(10)16)12-5-3-4-11(7-12)9-18-2/h3-8,18H,9H2,1-2H3. The SMILES string of the molecule is CNCc1cccc(-c2cc(C)c(F)cc2F)c1. The van der Waals surface area contributed by atoms with E-state index in [1.54, 1.807) is 13.0 Å². The first-order valence-electron chi connectivity index (χ1n) is 5.81. The predicted molar refractivity (Wildman–Crippen MR) is 69.3 cm³/mol.